The van der Waals surface area contributed by atoms with E-state index in [1.807, 2.05) is 18.2 Å². The van der Waals surface area contributed by atoms with Gasteiger partial charge in [0.1, 0.15) is 17.9 Å². The van der Waals surface area contributed by atoms with Crippen molar-refractivity contribution in [3.63, 3.8) is 0 Å². The summed E-state index contributed by atoms with van der Waals surface area (Å²) in [6, 6.07) is 5.81. The molecule has 0 unspecified atom stereocenters. The molecule has 0 aliphatic rings. The van der Waals surface area contributed by atoms with Crippen molar-refractivity contribution in [2.24, 2.45) is 7.05 Å². The molecule has 0 bridgehead atoms. The highest BCUT2D eigenvalue weighted by atomic mass is 79.9. The average molecular weight is 353 g/mol. The van der Waals surface area contributed by atoms with Crippen molar-refractivity contribution in [3.8, 4) is 5.75 Å². The molecule has 6 heteroatoms. The summed E-state index contributed by atoms with van der Waals surface area (Å²) in [5.74, 6) is 0.0651. The molecule has 2 rings (SSSR count). The number of nitrogens with zero attached hydrogens (tertiary/aromatic N) is 2. The first-order chi connectivity index (χ1) is 9.90. The number of hydrogen-bond acceptors (Lipinski definition) is 3. The molecule has 5 nitrogen and oxygen atoms in total. The van der Waals surface area contributed by atoms with Gasteiger partial charge in [-0.05, 0) is 29.7 Å². The highest BCUT2D eigenvalue weighted by molar-refractivity contribution is 9.10. The van der Waals surface area contributed by atoms with Crippen molar-refractivity contribution >= 4 is 21.9 Å². The summed E-state index contributed by atoms with van der Waals surface area (Å²) in [5, 5.41) is 13.1. The number of aromatic nitrogens is 2. The van der Waals surface area contributed by atoms with Crippen LogP contribution in [-0.2, 0) is 13.7 Å². The molecule has 0 aliphatic heterocycles. The lowest BCUT2D eigenvalue weighted by Crippen LogP contribution is -2.09. The number of aromatic carboxylic acids is 1. The van der Waals surface area contributed by atoms with Crippen molar-refractivity contribution in [2.75, 3.05) is 0 Å². The Balaban J connectivity index is 2.25. The van der Waals surface area contributed by atoms with Crippen molar-refractivity contribution in [2.45, 2.75) is 26.4 Å². The maximum absolute atomic E-state index is 11.2. The lowest BCUT2D eigenvalue weighted by molar-refractivity contribution is 0.0693. The monoisotopic (exact) mass is 352 g/mol. The minimum atomic E-state index is -0.999. The van der Waals surface area contributed by atoms with Gasteiger partial charge >= 0.3 is 5.97 Å². The zero-order valence-corrected chi connectivity index (χ0v) is 13.7. The van der Waals surface area contributed by atoms with Gasteiger partial charge in [0.2, 0.25) is 0 Å². The Labute approximate surface area is 131 Å². The van der Waals surface area contributed by atoms with Gasteiger partial charge in [0.15, 0.2) is 0 Å². The fourth-order valence-corrected chi connectivity index (χ4v) is 2.44. The molecular weight excluding hydrogens is 336 g/mol. The molecule has 0 radical (unpaired) electrons. The Morgan fingerprint density at radius 3 is 2.81 bits per heavy atom. The highest BCUT2D eigenvalue weighted by Crippen LogP contribution is 2.30. The SMILES string of the molecule is CC(C)c1cc(Br)ccc1OCc1c(C(=O)O)cnn1C. The van der Waals surface area contributed by atoms with Gasteiger partial charge < -0.3 is 9.84 Å². The molecule has 1 aromatic carbocycles. The summed E-state index contributed by atoms with van der Waals surface area (Å²) >= 11 is 3.45. The van der Waals surface area contributed by atoms with Crippen molar-refractivity contribution in [1.29, 1.82) is 0 Å². The molecule has 1 heterocycles. The summed E-state index contributed by atoms with van der Waals surface area (Å²) in [4.78, 5) is 11.2. The Hall–Kier alpha value is -1.82. The zero-order valence-electron chi connectivity index (χ0n) is 12.1. The van der Waals surface area contributed by atoms with Crippen molar-refractivity contribution < 1.29 is 14.6 Å². The van der Waals surface area contributed by atoms with E-state index >= 15 is 0 Å². The first-order valence-electron chi connectivity index (χ1n) is 6.56. The van der Waals surface area contributed by atoms with Crippen LogP contribution in [0.15, 0.2) is 28.9 Å². The molecule has 0 saturated heterocycles. The molecule has 0 amide bonds. The van der Waals surface area contributed by atoms with Gasteiger partial charge in [-0.2, -0.15) is 5.10 Å². The number of benzene rings is 1. The van der Waals surface area contributed by atoms with E-state index in [9.17, 15) is 4.79 Å². The first-order valence-corrected chi connectivity index (χ1v) is 7.36. The summed E-state index contributed by atoms with van der Waals surface area (Å²) in [6.07, 6.45) is 1.34. The number of carbonyl (C=O) groups is 1. The number of rotatable bonds is 5. The third-order valence-corrected chi connectivity index (χ3v) is 3.74. The summed E-state index contributed by atoms with van der Waals surface area (Å²) in [6.45, 7) is 4.34. The maximum atomic E-state index is 11.2. The van der Waals surface area contributed by atoms with Crippen LogP contribution in [0, 0.1) is 0 Å². The van der Waals surface area contributed by atoms with Gasteiger partial charge in [-0.3, -0.25) is 4.68 Å². The molecule has 112 valence electrons. The second-order valence-corrected chi connectivity index (χ2v) is 5.97. The number of carboxylic acids is 1. The van der Waals surface area contributed by atoms with E-state index in [-0.39, 0.29) is 12.2 Å². The molecule has 0 aliphatic carbocycles. The van der Waals surface area contributed by atoms with E-state index in [2.05, 4.69) is 34.9 Å². The summed E-state index contributed by atoms with van der Waals surface area (Å²) in [7, 11) is 1.70. The number of aryl methyl sites for hydroxylation is 1. The fourth-order valence-electron chi connectivity index (χ4n) is 2.06. The maximum Gasteiger partial charge on any atom is 0.339 e. The van der Waals surface area contributed by atoms with E-state index < -0.39 is 5.97 Å². The normalized spacial score (nSPS) is 10.9. The largest absolute Gasteiger partial charge is 0.487 e. The molecular formula is C15H17BrN2O3. The molecule has 1 N–H and O–H groups in total. The second kappa shape index (κ2) is 6.30. The number of carboxylic acid groups (broad SMARTS) is 1. The van der Waals surface area contributed by atoms with E-state index in [1.54, 1.807) is 7.05 Å². The van der Waals surface area contributed by atoms with Gasteiger partial charge in [0.05, 0.1) is 11.9 Å². The fraction of sp³-hybridized carbons (Fsp3) is 0.333. The lowest BCUT2D eigenvalue weighted by Gasteiger charge is -2.15. The van der Waals surface area contributed by atoms with Gasteiger partial charge in [-0.1, -0.05) is 29.8 Å². The standard InChI is InChI=1S/C15H17BrN2O3/c1-9(2)11-6-10(16)4-5-14(11)21-8-13-12(15(19)20)7-17-18(13)3/h4-7,9H,8H2,1-3H3,(H,19,20). The first kappa shape index (κ1) is 15.6. The van der Waals surface area contributed by atoms with Gasteiger partial charge in [-0.25, -0.2) is 4.79 Å². The van der Waals surface area contributed by atoms with Crippen molar-refractivity contribution in [1.82, 2.24) is 9.78 Å². The smallest absolute Gasteiger partial charge is 0.339 e. The van der Waals surface area contributed by atoms with E-state index in [0.29, 0.717) is 11.6 Å². The van der Waals surface area contributed by atoms with E-state index in [4.69, 9.17) is 9.84 Å². The molecule has 0 spiro atoms. The third kappa shape index (κ3) is 3.44. The van der Waals surface area contributed by atoms with Crippen LogP contribution in [0.3, 0.4) is 0 Å². The quantitative estimate of drug-likeness (QED) is 0.892. The molecule has 2 aromatic rings. The number of ether oxygens (including phenoxy) is 1. The van der Waals surface area contributed by atoms with Crippen LogP contribution in [0.4, 0.5) is 0 Å². The predicted octanol–water partition coefficient (Wildman–Crippen LogP) is 3.58. The lowest BCUT2D eigenvalue weighted by atomic mass is 10.0. The van der Waals surface area contributed by atoms with Crippen LogP contribution in [0.1, 0.15) is 41.4 Å². The highest BCUT2D eigenvalue weighted by Gasteiger charge is 2.16. The number of halogens is 1. The topological polar surface area (TPSA) is 64.3 Å². The van der Waals surface area contributed by atoms with Gasteiger partial charge in [-0.15, -0.1) is 0 Å². The average Bonchev–Trinajstić information content (AvgIpc) is 2.78. The predicted molar refractivity (Wildman–Crippen MR) is 82.7 cm³/mol. The van der Waals surface area contributed by atoms with Gasteiger partial charge in [0.25, 0.3) is 0 Å². The molecule has 0 atom stereocenters. The zero-order chi connectivity index (χ0) is 15.6. The third-order valence-electron chi connectivity index (χ3n) is 3.25. The Morgan fingerprint density at radius 1 is 1.48 bits per heavy atom. The number of hydrogen-bond donors (Lipinski definition) is 1. The van der Waals surface area contributed by atoms with Crippen LogP contribution >= 0.6 is 15.9 Å². The molecule has 0 saturated carbocycles. The van der Waals surface area contributed by atoms with E-state index in [1.165, 1.54) is 10.9 Å². The summed E-state index contributed by atoms with van der Waals surface area (Å²) < 4.78 is 8.34. The molecule has 0 fully saturated rings. The minimum Gasteiger partial charge on any atom is -0.487 e. The van der Waals surface area contributed by atoms with Crippen LogP contribution in [0.5, 0.6) is 5.75 Å². The van der Waals surface area contributed by atoms with Crippen LogP contribution in [0.2, 0.25) is 0 Å². The van der Waals surface area contributed by atoms with Crippen LogP contribution in [-0.4, -0.2) is 20.9 Å². The van der Waals surface area contributed by atoms with Crippen LogP contribution < -0.4 is 4.74 Å². The van der Waals surface area contributed by atoms with Gasteiger partial charge in [0, 0.05) is 11.5 Å². The Bertz CT molecular complexity index is 665. The molecule has 21 heavy (non-hydrogen) atoms. The molecule has 1 aromatic heterocycles. The Morgan fingerprint density at radius 2 is 2.19 bits per heavy atom. The van der Waals surface area contributed by atoms with E-state index in [0.717, 1.165) is 15.8 Å². The second-order valence-electron chi connectivity index (χ2n) is 5.06. The minimum absolute atomic E-state index is 0.166. The van der Waals surface area contributed by atoms with Crippen molar-refractivity contribution in [3.05, 3.63) is 45.7 Å². The van der Waals surface area contributed by atoms with Crippen LogP contribution in [0.25, 0.3) is 0 Å². The Kier molecular flexibility index (Phi) is 4.67. The summed E-state index contributed by atoms with van der Waals surface area (Å²) in [5.41, 5.74) is 1.78.